The van der Waals surface area contributed by atoms with E-state index >= 15 is 0 Å². The van der Waals surface area contributed by atoms with Gasteiger partial charge in [0.1, 0.15) is 0 Å². The summed E-state index contributed by atoms with van der Waals surface area (Å²) in [6.45, 7) is 4.11. The molecule has 1 saturated heterocycles. The lowest BCUT2D eigenvalue weighted by molar-refractivity contribution is -0.145. The van der Waals surface area contributed by atoms with Crippen LogP contribution in [0.3, 0.4) is 0 Å². The zero-order valence-electron chi connectivity index (χ0n) is 11.2. The quantitative estimate of drug-likeness (QED) is 0.845. The molecule has 0 bridgehead atoms. The maximum absolute atomic E-state index is 10.9. The van der Waals surface area contributed by atoms with E-state index in [0.717, 1.165) is 25.2 Å². The van der Waals surface area contributed by atoms with Crippen molar-refractivity contribution in [1.82, 2.24) is 4.90 Å². The standard InChI is InChI=1S/C14H19NO4/c1-9(14(17)18)11-7-15(8-11)6-10-3-4-12(16)13(5-10)19-2/h3-5,9,11,16H,6-8H2,1-2H3,(H,17,18). The van der Waals surface area contributed by atoms with Crippen LogP contribution in [-0.2, 0) is 11.3 Å². The number of aromatic hydroxyl groups is 1. The van der Waals surface area contributed by atoms with Gasteiger partial charge in [-0.3, -0.25) is 9.69 Å². The third-order valence-corrected chi connectivity index (χ3v) is 3.73. The van der Waals surface area contributed by atoms with Gasteiger partial charge in [-0.1, -0.05) is 13.0 Å². The maximum atomic E-state index is 10.9. The van der Waals surface area contributed by atoms with Gasteiger partial charge in [0.15, 0.2) is 11.5 Å². The Bertz CT molecular complexity index is 469. The van der Waals surface area contributed by atoms with Gasteiger partial charge in [0.25, 0.3) is 0 Å². The van der Waals surface area contributed by atoms with Gasteiger partial charge >= 0.3 is 5.97 Å². The smallest absolute Gasteiger partial charge is 0.306 e. The number of hydrogen-bond donors (Lipinski definition) is 2. The predicted octanol–water partition coefficient (Wildman–Crippen LogP) is 1.55. The van der Waals surface area contributed by atoms with E-state index in [-0.39, 0.29) is 17.6 Å². The van der Waals surface area contributed by atoms with Crippen LogP contribution in [0.25, 0.3) is 0 Å². The van der Waals surface area contributed by atoms with E-state index in [1.807, 2.05) is 12.1 Å². The highest BCUT2D eigenvalue weighted by molar-refractivity contribution is 5.70. The summed E-state index contributed by atoms with van der Waals surface area (Å²) >= 11 is 0. The van der Waals surface area contributed by atoms with E-state index in [2.05, 4.69) is 4.90 Å². The van der Waals surface area contributed by atoms with Gasteiger partial charge < -0.3 is 14.9 Å². The van der Waals surface area contributed by atoms with Crippen LogP contribution in [-0.4, -0.2) is 41.3 Å². The summed E-state index contributed by atoms with van der Waals surface area (Å²) in [6.07, 6.45) is 0. The average molecular weight is 265 g/mol. The minimum absolute atomic E-state index is 0.132. The van der Waals surface area contributed by atoms with E-state index in [4.69, 9.17) is 9.84 Å². The highest BCUT2D eigenvalue weighted by Crippen LogP contribution is 2.29. The second-order valence-electron chi connectivity index (χ2n) is 5.09. The topological polar surface area (TPSA) is 70.0 Å². The van der Waals surface area contributed by atoms with E-state index in [9.17, 15) is 9.90 Å². The molecule has 5 nitrogen and oxygen atoms in total. The van der Waals surface area contributed by atoms with Crippen molar-refractivity contribution in [3.63, 3.8) is 0 Å². The van der Waals surface area contributed by atoms with Crippen molar-refractivity contribution in [2.24, 2.45) is 11.8 Å². The molecule has 104 valence electrons. The molecular formula is C14H19NO4. The fourth-order valence-corrected chi connectivity index (χ4v) is 2.34. The van der Waals surface area contributed by atoms with E-state index < -0.39 is 5.97 Å². The van der Waals surface area contributed by atoms with Crippen molar-refractivity contribution >= 4 is 5.97 Å². The van der Waals surface area contributed by atoms with Gasteiger partial charge in [0.05, 0.1) is 13.0 Å². The van der Waals surface area contributed by atoms with E-state index in [1.54, 1.807) is 13.0 Å². The molecule has 1 aliphatic heterocycles. The minimum Gasteiger partial charge on any atom is -0.504 e. The first-order chi connectivity index (χ1) is 9.01. The maximum Gasteiger partial charge on any atom is 0.306 e. The molecule has 0 amide bonds. The second kappa shape index (κ2) is 5.48. The van der Waals surface area contributed by atoms with Crippen molar-refractivity contribution in [3.05, 3.63) is 23.8 Å². The lowest BCUT2D eigenvalue weighted by atomic mass is 9.87. The van der Waals surface area contributed by atoms with Gasteiger partial charge in [-0.15, -0.1) is 0 Å². The minimum atomic E-state index is -0.726. The number of phenolic OH excluding ortho intramolecular Hbond substituents is 1. The van der Waals surface area contributed by atoms with Crippen molar-refractivity contribution < 1.29 is 19.7 Å². The summed E-state index contributed by atoms with van der Waals surface area (Å²) in [7, 11) is 1.52. The number of carboxylic acid groups (broad SMARTS) is 1. The van der Waals surface area contributed by atoms with Crippen LogP contribution in [0.1, 0.15) is 12.5 Å². The number of likely N-dealkylation sites (tertiary alicyclic amines) is 1. The highest BCUT2D eigenvalue weighted by atomic mass is 16.5. The van der Waals surface area contributed by atoms with Gasteiger partial charge in [-0.2, -0.15) is 0 Å². The van der Waals surface area contributed by atoms with Crippen LogP contribution in [0.15, 0.2) is 18.2 Å². The number of methoxy groups -OCH3 is 1. The number of nitrogens with zero attached hydrogens (tertiary/aromatic N) is 1. The van der Waals surface area contributed by atoms with Crippen LogP contribution in [0.4, 0.5) is 0 Å². The number of benzene rings is 1. The van der Waals surface area contributed by atoms with Crippen LogP contribution >= 0.6 is 0 Å². The van der Waals surface area contributed by atoms with Crippen LogP contribution in [0, 0.1) is 11.8 Å². The second-order valence-corrected chi connectivity index (χ2v) is 5.09. The van der Waals surface area contributed by atoms with Gasteiger partial charge in [-0.25, -0.2) is 0 Å². The van der Waals surface area contributed by atoms with Crippen LogP contribution in [0.5, 0.6) is 11.5 Å². The first-order valence-electron chi connectivity index (χ1n) is 6.32. The van der Waals surface area contributed by atoms with Crippen LogP contribution < -0.4 is 4.74 Å². The number of aliphatic carboxylic acids is 1. The predicted molar refractivity (Wildman–Crippen MR) is 70.2 cm³/mol. The number of rotatable bonds is 5. The molecule has 1 fully saturated rings. The van der Waals surface area contributed by atoms with Gasteiger partial charge in [0.2, 0.25) is 0 Å². The summed E-state index contributed by atoms with van der Waals surface area (Å²) < 4.78 is 5.06. The molecule has 1 atom stereocenters. The highest BCUT2D eigenvalue weighted by Gasteiger charge is 2.34. The summed E-state index contributed by atoms with van der Waals surface area (Å²) in [5.41, 5.74) is 1.05. The Morgan fingerprint density at radius 2 is 2.21 bits per heavy atom. The fourth-order valence-electron chi connectivity index (χ4n) is 2.34. The Morgan fingerprint density at radius 3 is 2.79 bits per heavy atom. The molecule has 19 heavy (non-hydrogen) atoms. The third-order valence-electron chi connectivity index (χ3n) is 3.73. The first kappa shape index (κ1) is 13.7. The van der Waals surface area contributed by atoms with Crippen molar-refractivity contribution in [3.8, 4) is 11.5 Å². The normalized spacial score (nSPS) is 17.8. The molecule has 2 rings (SSSR count). The van der Waals surface area contributed by atoms with E-state index in [0.29, 0.717) is 5.75 Å². The van der Waals surface area contributed by atoms with Crippen molar-refractivity contribution in [2.45, 2.75) is 13.5 Å². The molecule has 0 spiro atoms. The molecular weight excluding hydrogens is 246 g/mol. The molecule has 2 N–H and O–H groups in total. The van der Waals surface area contributed by atoms with Crippen LogP contribution in [0.2, 0.25) is 0 Å². The van der Waals surface area contributed by atoms with Crippen molar-refractivity contribution in [1.29, 1.82) is 0 Å². The monoisotopic (exact) mass is 265 g/mol. The fraction of sp³-hybridized carbons (Fsp3) is 0.500. The summed E-state index contributed by atoms with van der Waals surface area (Å²) in [6, 6.07) is 5.28. The van der Waals surface area contributed by atoms with Crippen molar-refractivity contribution in [2.75, 3.05) is 20.2 Å². The Balaban J connectivity index is 1.89. The zero-order valence-corrected chi connectivity index (χ0v) is 11.2. The number of hydrogen-bond acceptors (Lipinski definition) is 4. The number of ether oxygens (including phenoxy) is 1. The molecule has 1 heterocycles. The zero-order chi connectivity index (χ0) is 14.0. The molecule has 1 aliphatic rings. The van der Waals surface area contributed by atoms with Gasteiger partial charge in [-0.05, 0) is 23.6 Å². The molecule has 1 aromatic carbocycles. The Labute approximate surface area is 112 Å². The molecule has 1 aromatic rings. The summed E-state index contributed by atoms with van der Waals surface area (Å²) in [5, 5.41) is 18.4. The Kier molecular flexibility index (Phi) is 3.95. The third kappa shape index (κ3) is 2.98. The van der Waals surface area contributed by atoms with Gasteiger partial charge in [0, 0.05) is 19.6 Å². The lowest BCUT2D eigenvalue weighted by Crippen LogP contribution is -2.50. The SMILES string of the molecule is COc1cc(CN2CC(C(C)C(=O)O)C2)ccc1O. The molecule has 1 unspecified atom stereocenters. The first-order valence-corrected chi connectivity index (χ1v) is 6.32. The number of phenols is 1. The number of carbonyl (C=O) groups is 1. The number of carboxylic acids is 1. The molecule has 0 aromatic heterocycles. The summed E-state index contributed by atoms with van der Waals surface area (Å²) in [5.74, 6) is -0.182. The Morgan fingerprint density at radius 1 is 1.53 bits per heavy atom. The molecule has 5 heteroatoms. The van der Waals surface area contributed by atoms with E-state index in [1.165, 1.54) is 7.11 Å². The molecule has 0 radical (unpaired) electrons. The average Bonchev–Trinajstić information content (AvgIpc) is 2.34. The lowest BCUT2D eigenvalue weighted by Gasteiger charge is -2.41. The summed E-state index contributed by atoms with van der Waals surface area (Å²) in [4.78, 5) is 13.0. The molecule has 0 saturated carbocycles. The largest absolute Gasteiger partial charge is 0.504 e. The molecule has 0 aliphatic carbocycles. The Hall–Kier alpha value is -1.75.